The van der Waals surface area contributed by atoms with Crippen molar-refractivity contribution in [3.05, 3.63) is 71.5 Å². The first-order valence-corrected chi connectivity index (χ1v) is 6.64. The van der Waals surface area contributed by atoms with E-state index < -0.39 is 11.8 Å². The van der Waals surface area contributed by atoms with Gasteiger partial charge in [-0.05, 0) is 36.4 Å². The van der Waals surface area contributed by atoms with Crippen molar-refractivity contribution >= 4 is 33.9 Å². The van der Waals surface area contributed by atoms with Crippen LogP contribution in [0.25, 0.3) is 15.7 Å². The summed E-state index contributed by atoms with van der Waals surface area (Å²) in [5.41, 5.74) is 1.74. The summed E-state index contributed by atoms with van der Waals surface area (Å²) in [6, 6.07) is 10.4. The molecule has 0 aliphatic carbocycles. The highest BCUT2D eigenvalue weighted by Gasteiger charge is 2.10. The molecule has 0 saturated carbocycles. The first kappa shape index (κ1) is 14.5. The van der Waals surface area contributed by atoms with Gasteiger partial charge in [0, 0.05) is 17.3 Å². The highest BCUT2D eigenvalue weighted by molar-refractivity contribution is 5.95. The summed E-state index contributed by atoms with van der Waals surface area (Å²) >= 11 is 0. The van der Waals surface area contributed by atoms with Crippen LogP contribution in [0.3, 0.4) is 0 Å². The van der Waals surface area contributed by atoms with E-state index in [1.165, 1.54) is 12.1 Å². The van der Waals surface area contributed by atoms with Crippen molar-refractivity contribution in [2.75, 3.05) is 5.32 Å². The Kier molecular flexibility index (Phi) is 3.61. The second-order valence-electron chi connectivity index (χ2n) is 4.80. The van der Waals surface area contributed by atoms with Gasteiger partial charge in [-0.1, -0.05) is 6.07 Å². The molecule has 23 heavy (non-hydrogen) atoms. The number of rotatable bonds is 3. The Labute approximate surface area is 130 Å². The molecule has 0 aliphatic heterocycles. The molecule has 0 amide bonds. The molecular formula is C17H10FN3O2. The van der Waals surface area contributed by atoms with Crippen LogP contribution in [-0.2, 0) is 0 Å². The number of hydrogen-bond acceptors (Lipinski definition) is 3. The SMILES string of the molecule is [C-]#[N+]c1ccc2nccc(Nc3ccc(C(=O)O)cc3F)c2c1. The van der Waals surface area contributed by atoms with Gasteiger partial charge in [0.05, 0.1) is 23.3 Å². The van der Waals surface area contributed by atoms with Crippen molar-refractivity contribution in [2.24, 2.45) is 0 Å². The Morgan fingerprint density at radius 3 is 2.70 bits per heavy atom. The minimum Gasteiger partial charge on any atom is -0.478 e. The lowest BCUT2D eigenvalue weighted by molar-refractivity contribution is 0.0696. The fraction of sp³-hybridized carbons (Fsp3) is 0. The minimum absolute atomic E-state index is 0.122. The largest absolute Gasteiger partial charge is 0.478 e. The zero-order valence-corrected chi connectivity index (χ0v) is 11.7. The van der Waals surface area contributed by atoms with Gasteiger partial charge in [0.1, 0.15) is 5.82 Å². The Bertz CT molecular complexity index is 964. The topological polar surface area (TPSA) is 66.6 Å². The number of carboxylic acid groups (broad SMARTS) is 1. The molecule has 3 rings (SSSR count). The Hall–Kier alpha value is -3.46. The third kappa shape index (κ3) is 2.80. The Morgan fingerprint density at radius 2 is 2.00 bits per heavy atom. The zero-order valence-electron chi connectivity index (χ0n) is 11.7. The molecule has 0 spiro atoms. The molecule has 0 fully saturated rings. The fourth-order valence-corrected chi connectivity index (χ4v) is 2.21. The van der Waals surface area contributed by atoms with Gasteiger partial charge in [0.25, 0.3) is 0 Å². The van der Waals surface area contributed by atoms with Gasteiger partial charge in [-0.2, -0.15) is 0 Å². The second kappa shape index (κ2) is 5.73. The summed E-state index contributed by atoms with van der Waals surface area (Å²) in [5, 5.41) is 12.5. The third-order valence-electron chi connectivity index (χ3n) is 3.34. The van der Waals surface area contributed by atoms with Crippen LogP contribution in [0.15, 0.2) is 48.7 Å². The third-order valence-corrected chi connectivity index (χ3v) is 3.34. The molecule has 0 saturated heterocycles. The molecule has 0 radical (unpaired) electrons. The van der Waals surface area contributed by atoms with Gasteiger partial charge in [0.15, 0.2) is 5.69 Å². The molecule has 2 aromatic carbocycles. The number of nitrogens with one attached hydrogen (secondary N) is 1. The molecule has 112 valence electrons. The van der Waals surface area contributed by atoms with Gasteiger partial charge in [-0.15, -0.1) is 0 Å². The van der Waals surface area contributed by atoms with Gasteiger partial charge < -0.3 is 10.4 Å². The van der Waals surface area contributed by atoms with E-state index in [2.05, 4.69) is 15.1 Å². The van der Waals surface area contributed by atoms with Crippen LogP contribution >= 0.6 is 0 Å². The van der Waals surface area contributed by atoms with E-state index in [1.807, 2.05) is 0 Å². The summed E-state index contributed by atoms with van der Waals surface area (Å²) in [6.07, 6.45) is 1.58. The number of hydrogen-bond donors (Lipinski definition) is 2. The summed E-state index contributed by atoms with van der Waals surface area (Å²) in [6.45, 7) is 7.08. The van der Waals surface area contributed by atoms with Gasteiger partial charge in [-0.3, -0.25) is 4.98 Å². The van der Waals surface area contributed by atoms with Crippen LogP contribution in [-0.4, -0.2) is 16.1 Å². The molecule has 0 unspecified atom stereocenters. The number of anilines is 2. The highest BCUT2D eigenvalue weighted by atomic mass is 19.1. The maximum atomic E-state index is 14.1. The second-order valence-corrected chi connectivity index (χ2v) is 4.80. The quantitative estimate of drug-likeness (QED) is 0.705. The summed E-state index contributed by atoms with van der Waals surface area (Å²) in [5.74, 6) is -1.86. The van der Waals surface area contributed by atoms with Crippen molar-refractivity contribution in [2.45, 2.75) is 0 Å². The molecule has 5 nitrogen and oxygen atoms in total. The standard InChI is InChI=1S/C17H10FN3O2/c1-19-11-3-5-14-12(9-11)15(6-7-20-14)21-16-4-2-10(17(22)23)8-13(16)18/h2-9H,(H,20,21)(H,22,23). The average Bonchev–Trinajstić information content (AvgIpc) is 2.56. The predicted molar refractivity (Wildman–Crippen MR) is 84.6 cm³/mol. The van der Waals surface area contributed by atoms with Gasteiger partial charge in [0.2, 0.25) is 0 Å². The van der Waals surface area contributed by atoms with Crippen LogP contribution in [0, 0.1) is 12.4 Å². The first-order chi connectivity index (χ1) is 11.1. The number of fused-ring (bicyclic) bond motifs is 1. The number of aromatic nitrogens is 1. The lowest BCUT2D eigenvalue weighted by Crippen LogP contribution is -2.00. The van der Waals surface area contributed by atoms with Gasteiger partial charge >= 0.3 is 5.97 Å². The van der Waals surface area contributed by atoms with Gasteiger partial charge in [-0.25, -0.2) is 14.0 Å². The lowest BCUT2D eigenvalue weighted by atomic mass is 10.1. The molecule has 1 aromatic heterocycles. The van der Waals surface area contributed by atoms with E-state index in [1.54, 1.807) is 30.5 Å². The lowest BCUT2D eigenvalue weighted by Gasteiger charge is -2.11. The summed E-state index contributed by atoms with van der Waals surface area (Å²) < 4.78 is 14.1. The van der Waals surface area contributed by atoms with Crippen LogP contribution in [0.5, 0.6) is 0 Å². The maximum Gasteiger partial charge on any atom is 0.335 e. The average molecular weight is 307 g/mol. The number of nitrogens with zero attached hydrogens (tertiary/aromatic N) is 2. The normalized spacial score (nSPS) is 10.3. The summed E-state index contributed by atoms with van der Waals surface area (Å²) in [7, 11) is 0. The van der Waals surface area contributed by atoms with Crippen LogP contribution in [0.4, 0.5) is 21.5 Å². The first-order valence-electron chi connectivity index (χ1n) is 6.64. The van der Waals surface area contributed by atoms with Crippen molar-refractivity contribution in [3.63, 3.8) is 0 Å². The van der Waals surface area contributed by atoms with Crippen molar-refractivity contribution in [3.8, 4) is 0 Å². The molecule has 0 aliphatic rings. The molecule has 3 aromatic rings. The number of benzene rings is 2. The Morgan fingerprint density at radius 1 is 1.17 bits per heavy atom. The van der Waals surface area contributed by atoms with Crippen LogP contribution < -0.4 is 5.32 Å². The van der Waals surface area contributed by atoms with Crippen molar-refractivity contribution in [1.82, 2.24) is 4.98 Å². The fourth-order valence-electron chi connectivity index (χ4n) is 2.21. The van der Waals surface area contributed by atoms with Crippen LogP contribution in [0.2, 0.25) is 0 Å². The number of aromatic carboxylic acids is 1. The maximum absolute atomic E-state index is 14.1. The van der Waals surface area contributed by atoms with E-state index in [4.69, 9.17) is 11.7 Å². The van der Waals surface area contributed by atoms with E-state index in [0.29, 0.717) is 22.3 Å². The highest BCUT2D eigenvalue weighted by Crippen LogP contribution is 2.29. The van der Waals surface area contributed by atoms with E-state index in [-0.39, 0.29) is 11.3 Å². The van der Waals surface area contributed by atoms with Crippen molar-refractivity contribution in [1.29, 1.82) is 0 Å². The molecule has 1 heterocycles. The number of halogens is 1. The molecule has 2 N–H and O–H groups in total. The number of pyridine rings is 1. The summed E-state index contributed by atoms with van der Waals surface area (Å²) in [4.78, 5) is 18.4. The smallest absolute Gasteiger partial charge is 0.335 e. The van der Waals surface area contributed by atoms with E-state index in [9.17, 15) is 9.18 Å². The molecule has 0 atom stereocenters. The number of carbonyl (C=O) groups is 1. The van der Waals surface area contributed by atoms with E-state index in [0.717, 1.165) is 6.07 Å². The van der Waals surface area contributed by atoms with Crippen molar-refractivity contribution < 1.29 is 14.3 Å². The number of carboxylic acids is 1. The van der Waals surface area contributed by atoms with Crippen LogP contribution in [0.1, 0.15) is 10.4 Å². The molecular weight excluding hydrogens is 297 g/mol. The minimum atomic E-state index is -1.19. The monoisotopic (exact) mass is 307 g/mol. The molecule has 6 heteroatoms. The molecule has 0 bridgehead atoms. The predicted octanol–water partition coefficient (Wildman–Crippen LogP) is 4.37. The Balaban J connectivity index is 2.05. The zero-order chi connectivity index (χ0) is 16.4. The van der Waals surface area contributed by atoms with E-state index >= 15 is 0 Å².